The molecule has 118 valence electrons. The Kier molecular flexibility index (Phi) is 3.67. The van der Waals surface area contributed by atoms with Gasteiger partial charge in [-0.1, -0.05) is 27.7 Å². The molecular weight excluding hydrogens is 276 g/mol. The number of hydrogen-bond donors (Lipinski definition) is 0. The van der Waals surface area contributed by atoms with Crippen molar-refractivity contribution in [2.75, 3.05) is 13.1 Å². The Bertz CT molecular complexity index is 690. The zero-order valence-electron chi connectivity index (χ0n) is 13.8. The van der Waals surface area contributed by atoms with E-state index in [0.717, 1.165) is 31.6 Å². The van der Waals surface area contributed by atoms with Crippen LogP contribution in [-0.4, -0.2) is 38.5 Å². The molecule has 1 fully saturated rings. The van der Waals surface area contributed by atoms with Crippen LogP contribution in [0.1, 0.15) is 56.6 Å². The molecule has 1 aliphatic rings. The quantitative estimate of drug-likeness (QED) is 0.813. The third-order valence-electron chi connectivity index (χ3n) is 4.47. The molecule has 0 atom stereocenters. The fraction of sp³-hybridized carbons (Fsp3) is 0.588. The first-order valence-electron chi connectivity index (χ1n) is 8.00. The van der Waals surface area contributed by atoms with Gasteiger partial charge in [-0.25, -0.2) is 9.50 Å². The van der Waals surface area contributed by atoms with Crippen molar-refractivity contribution in [2.45, 2.75) is 46.0 Å². The summed E-state index contributed by atoms with van der Waals surface area (Å²) in [7, 11) is 0. The smallest absolute Gasteiger partial charge is 0.259 e. The molecule has 0 aromatic carbocycles. The molecule has 3 rings (SSSR count). The van der Waals surface area contributed by atoms with Crippen LogP contribution in [0, 0.1) is 5.92 Å². The van der Waals surface area contributed by atoms with Gasteiger partial charge in [0.15, 0.2) is 5.65 Å². The van der Waals surface area contributed by atoms with Crippen LogP contribution in [0.5, 0.6) is 0 Å². The average Bonchev–Trinajstić information content (AvgIpc) is 2.90. The molecule has 0 aliphatic carbocycles. The maximum Gasteiger partial charge on any atom is 0.259 e. The predicted octanol–water partition coefficient (Wildman–Crippen LogP) is 2.90. The monoisotopic (exact) mass is 300 g/mol. The maximum absolute atomic E-state index is 12.8. The number of likely N-dealkylation sites (tertiary alicyclic amines) is 1. The molecule has 0 radical (unpaired) electrons. The maximum atomic E-state index is 12.8. The van der Waals surface area contributed by atoms with Crippen LogP contribution in [0.25, 0.3) is 5.65 Å². The van der Waals surface area contributed by atoms with E-state index in [1.165, 1.54) is 0 Å². The van der Waals surface area contributed by atoms with Crippen molar-refractivity contribution in [3.8, 4) is 0 Å². The van der Waals surface area contributed by atoms with Gasteiger partial charge in [-0.3, -0.25) is 4.79 Å². The number of aromatic nitrogens is 3. The third-order valence-corrected chi connectivity index (χ3v) is 4.47. The van der Waals surface area contributed by atoms with E-state index < -0.39 is 0 Å². The Morgan fingerprint density at radius 1 is 1.27 bits per heavy atom. The lowest BCUT2D eigenvalue weighted by atomic mass is 9.92. The topological polar surface area (TPSA) is 50.5 Å². The van der Waals surface area contributed by atoms with E-state index in [-0.39, 0.29) is 11.3 Å². The SMILES string of the molecule is CC1CCN(C(=O)c2cnn3c(C(C)(C)C)ccnc23)CC1. The first-order chi connectivity index (χ1) is 10.4. The van der Waals surface area contributed by atoms with E-state index >= 15 is 0 Å². The van der Waals surface area contributed by atoms with Gasteiger partial charge in [0.05, 0.1) is 11.9 Å². The van der Waals surface area contributed by atoms with Gasteiger partial charge < -0.3 is 4.90 Å². The van der Waals surface area contributed by atoms with E-state index in [0.29, 0.717) is 17.1 Å². The third kappa shape index (κ3) is 2.60. The number of nitrogens with zero attached hydrogens (tertiary/aromatic N) is 4. The molecule has 0 saturated carbocycles. The van der Waals surface area contributed by atoms with Gasteiger partial charge in [0, 0.05) is 24.7 Å². The molecule has 0 N–H and O–H groups in total. The number of carbonyl (C=O) groups excluding carboxylic acids is 1. The normalized spacial score (nSPS) is 17.2. The first-order valence-corrected chi connectivity index (χ1v) is 8.00. The van der Waals surface area contributed by atoms with Crippen LogP contribution in [0.4, 0.5) is 0 Å². The molecule has 5 heteroatoms. The number of carbonyl (C=O) groups is 1. The van der Waals surface area contributed by atoms with Crippen molar-refractivity contribution >= 4 is 11.6 Å². The van der Waals surface area contributed by atoms with Crippen molar-refractivity contribution in [1.82, 2.24) is 19.5 Å². The largest absolute Gasteiger partial charge is 0.338 e. The van der Waals surface area contributed by atoms with Gasteiger partial charge in [0.25, 0.3) is 5.91 Å². The summed E-state index contributed by atoms with van der Waals surface area (Å²) in [6.45, 7) is 10.3. The van der Waals surface area contributed by atoms with Crippen LogP contribution >= 0.6 is 0 Å². The Labute approximate surface area is 131 Å². The van der Waals surface area contributed by atoms with Crippen LogP contribution in [0.15, 0.2) is 18.5 Å². The highest BCUT2D eigenvalue weighted by molar-refractivity contribution is 5.99. The molecule has 1 saturated heterocycles. The number of piperidine rings is 1. The predicted molar refractivity (Wildman–Crippen MR) is 86.0 cm³/mol. The zero-order valence-corrected chi connectivity index (χ0v) is 13.8. The standard InChI is InChI=1S/C17H24N4O/c1-12-6-9-20(10-7-12)16(22)13-11-19-21-14(17(2,3)4)5-8-18-15(13)21/h5,8,11-12H,6-7,9-10H2,1-4H3. The molecule has 3 heterocycles. The fourth-order valence-electron chi connectivity index (χ4n) is 2.99. The van der Waals surface area contributed by atoms with Crippen molar-refractivity contribution in [2.24, 2.45) is 5.92 Å². The van der Waals surface area contributed by atoms with E-state index in [1.807, 2.05) is 11.0 Å². The van der Waals surface area contributed by atoms with Crippen LogP contribution in [0.3, 0.4) is 0 Å². The summed E-state index contributed by atoms with van der Waals surface area (Å²) in [5, 5.41) is 4.42. The van der Waals surface area contributed by atoms with Gasteiger partial charge in [0.2, 0.25) is 0 Å². The van der Waals surface area contributed by atoms with Gasteiger partial charge in [-0.2, -0.15) is 5.10 Å². The molecule has 1 aliphatic heterocycles. The Morgan fingerprint density at radius 2 is 1.95 bits per heavy atom. The summed E-state index contributed by atoms with van der Waals surface area (Å²) >= 11 is 0. The lowest BCUT2D eigenvalue weighted by Crippen LogP contribution is -2.37. The minimum Gasteiger partial charge on any atom is -0.338 e. The number of amides is 1. The summed E-state index contributed by atoms with van der Waals surface area (Å²) in [4.78, 5) is 19.1. The minimum absolute atomic E-state index is 0.0475. The highest BCUT2D eigenvalue weighted by Crippen LogP contribution is 2.24. The van der Waals surface area contributed by atoms with E-state index in [9.17, 15) is 4.79 Å². The molecule has 5 nitrogen and oxygen atoms in total. The van der Waals surface area contributed by atoms with Crippen LogP contribution < -0.4 is 0 Å². The molecule has 0 bridgehead atoms. The lowest BCUT2D eigenvalue weighted by Gasteiger charge is -2.30. The Balaban J connectivity index is 1.97. The van der Waals surface area contributed by atoms with Gasteiger partial charge >= 0.3 is 0 Å². The second kappa shape index (κ2) is 5.38. The highest BCUT2D eigenvalue weighted by Gasteiger charge is 2.26. The molecular formula is C17H24N4O. The van der Waals surface area contributed by atoms with E-state index in [1.54, 1.807) is 16.9 Å². The van der Waals surface area contributed by atoms with Crippen LogP contribution in [-0.2, 0) is 5.41 Å². The average molecular weight is 300 g/mol. The lowest BCUT2D eigenvalue weighted by molar-refractivity contribution is 0.0699. The Morgan fingerprint density at radius 3 is 2.59 bits per heavy atom. The summed E-state index contributed by atoms with van der Waals surface area (Å²) in [6.07, 6.45) is 5.59. The molecule has 0 unspecified atom stereocenters. The number of fused-ring (bicyclic) bond motifs is 1. The number of hydrogen-bond acceptors (Lipinski definition) is 3. The molecule has 1 amide bonds. The Hall–Kier alpha value is -1.91. The molecule has 2 aromatic heterocycles. The molecule has 22 heavy (non-hydrogen) atoms. The molecule has 2 aromatic rings. The molecule has 0 spiro atoms. The highest BCUT2D eigenvalue weighted by atomic mass is 16.2. The van der Waals surface area contributed by atoms with Crippen molar-refractivity contribution in [1.29, 1.82) is 0 Å². The number of rotatable bonds is 1. The van der Waals surface area contributed by atoms with Crippen molar-refractivity contribution in [3.05, 3.63) is 29.7 Å². The second-order valence-corrected chi connectivity index (χ2v) is 7.35. The van der Waals surface area contributed by atoms with E-state index in [2.05, 4.69) is 37.8 Å². The van der Waals surface area contributed by atoms with E-state index in [4.69, 9.17) is 0 Å². The van der Waals surface area contributed by atoms with Crippen LogP contribution in [0.2, 0.25) is 0 Å². The summed E-state index contributed by atoms with van der Waals surface area (Å²) < 4.78 is 1.81. The zero-order chi connectivity index (χ0) is 15.9. The second-order valence-electron chi connectivity index (χ2n) is 7.35. The summed E-state index contributed by atoms with van der Waals surface area (Å²) in [5.74, 6) is 0.763. The van der Waals surface area contributed by atoms with Gasteiger partial charge in [-0.15, -0.1) is 0 Å². The fourth-order valence-corrected chi connectivity index (χ4v) is 2.99. The minimum atomic E-state index is -0.0475. The summed E-state index contributed by atoms with van der Waals surface area (Å²) in [6, 6.07) is 1.97. The van der Waals surface area contributed by atoms with Gasteiger partial charge in [-0.05, 0) is 24.8 Å². The summed E-state index contributed by atoms with van der Waals surface area (Å²) in [5.41, 5.74) is 2.29. The van der Waals surface area contributed by atoms with Gasteiger partial charge in [0.1, 0.15) is 5.56 Å². The van der Waals surface area contributed by atoms with Crippen molar-refractivity contribution in [3.63, 3.8) is 0 Å². The van der Waals surface area contributed by atoms with Crippen molar-refractivity contribution < 1.29 is 4.79 Å². The first kappa shape index (κ1) is 15.0.